The first-order chi connectivity index (χ1) is 18.6. The number of fused-ring (bicyclic) bond motifs is 2. The van der Waals surface area contributed by atoms with Crippen LogP contribution in [-0.2, 0) is 0 Å². The topological polar surface area (TPSA) is 77.3 Å². The molecule has 10 heteroatoms. The molecule has 3 aromatic heterocycles. The van der Waals surface area contributed by atoms with Gasteiger partial charge in [-0.05, 0) is 61.6 Å². The van der Waals surface area contributed by atoms with Gasteiger partial charge >= 0.3 is 0 Å². The van der Waals surface area contributed by atoms with Crippen LogP contribution in [-0.4, -0.2) is 82.9 Å². The molecular weight excluding hydrogens is 521 g/mol. The Morgan fingerprint density at radius 1 is 0.868 bits per heavy atom. The highest BCUT2D eigenvalue weighted by molar-refractivity contribution is 6.18. The Morgan fingerprint density at radius 2 is 1.61 bits per heavy atom. The zero-order chi connectivity index (χ0) is 26.1. The number of hydrogen-bond donors (Lipinski definition) is 1. The van der Waals surface area contributed by atoms with Crippen LogP contribution in [0.1, 0.15) is 0 Å². The molecule has 0 unspecified atom stereocenters. The van der Waals surface area contributed by atoms with E-state index in [4.69, 9.17) is 42.6 Å². The van der Waals surface area contributed by atoms with Crippen LogP contribution in [0.25, 0.3) is 45.1 Å². The highest BCUT2D eigenvalue weighted by atomic mass is 35.5. The minimum Gasteiger partial charge on any atom is -0.436 e. The van der Waals surface area contributed by atoms with Gasteiger partial charge in [0.05, 0.1) is 5.52 Å². The third-order valence-electron chi connectivity index (χ3n) is 7.01. The van der Waals surface area contributed by atoms with Gasteiger partial charge in [-0.1, -0.05) is 0 Å². The normalized spacial score (nSPS) is 14.6. The molecule has 4 heterocycles. The van der Waals surface area contributed by atoms with Crippen molar-refractivity contribution in [2.75, 3.05) is 67.9 Å². The Hall–Kier alpha value is -3.33. The Morgan fingerprint density at radius 3 is 2.34 bits per heavy atom. The van der Waals surface area contributed by atoms with E-state index in [9.17, 15) is 0 Å². The van der Waals surface area contributed by atoms with E-state index in [1.165, 1.54) is 0 Å². The van der Waals surface area contributed by atoms with Crippen LogP contribution in [0.15, 0.2) is 59.0 Å². The number of halogens is 2. The number of imidazole rings is 1. The molecule has 0 spiro atoms. The van der Waals surface area contributed by atoms with Crippen molar-refractivity contribution in [1.82, 2.24) is 24.8 Å². The SMILES string of the molecule is CN1CCN(c2ccc3[nH]c(-c4ccc5oc(-c6ccc(N(CCCl)CCCl)cc6)nc5c4)nc3n2)CC1. The fourth-order valence-electron chi connectivity index (χ4n) is 4.82. The van der Waals surface area contributed by atoms with Crippen molar-refractivity contribution in [3.63, 3.8) is 0 Å². The van der Waals surface area contributed by atoms with E-state index in [1.807, 2.05) is 42.5 Å². The molecule has 1 saturated heterocycles. The number of aromatic nitrogens is 4. The van der Waals surface area contributed by atoms with Gasteiger partial charge in [0.25, 0.3) is 0 Å². The minimum atomic E-state index is 0.546. The van der Waals surface area contributed by atoms with Crippen molar-refractivity contribution in [2.45, 2.75) is 0 Å². The second-order valence-corrected chi connectivity index (χ2v) is 10.3. The van der Waals surface area contributed by atoms with Gasteiger partial charge in [-0.15, -0.1) is 23.2 Å². The van der Waals surface area contributed by atoms with Gasteiger partial charge in [-0.25, -0.2) is 15.0 Å². The predicted octanol–water partition coefficient (Wildman–Crippen LogP) is 5.47. The lowest BCUT2D eigenvalue weighted by Crippen LogP contribution is -2.44. The van der Waals surface area contributed by atoms with E-state index in [1.54, 1.807) is 0 Å². The summed E-state index contributed by atoms with van der Waals surface area (Å²) in [7, 11) is 2.15. The zero-order valence-electron chi connectivity index (χ0n) is 21.2. The first kappa shape index (κ1) is 25.0. The smallest absolute Gasteiger partial charge is 0.227 e. The molecule has 0 aliphatic carbocycles. The van der Waals surface area contributed by atoms with Gasteiger partial charge in [-0.3, -0.25) is 0 Å². The molecule has 0 bridgehead atoms. The molecule has 5 aromatic rings. The van der Waals surface area contributed by atoms with Gasteiger partial charge in [0.2, 0.25) is 5.89 Å². The van der Waals surface area contributed by atoms with Crippen LogP contribution in [0.3, 0.4) is 0 Å². The molecule has 196 valence electrons. The van der Waals surface area contributed by atoms with E-state index in [0.717, 1.165) is 90.0 Å². The number of hydrogen-bond acceptors (Lipinski definition) is 7. The summed E-state index contributed by atoms with van der Waals surface area (Å²) in [6.07, 6.45) is 0. The molecule has 0 amide bonds. The predicted molar refractivity (Wildman–Crippen MR) is 156 cm³/mol. The van der Waals surface area contributed by atoms with Crippen molar-refractivity contribution in [3.05, 3.63) is 54.6 Å². The van der Waals surface area contributed by atoms with Crippen molar-refractivity contribution < 1.29 is 4.42 Å². The Bertz CT molecular complexity index is 1530. The van der Waals surface area contributed by atoms with Crippen molar-refractivity contribution in [2.24, 2.45) is 0 Å². The fraction of sp³-hybridized carbons (Fsp3) is 0.321. The number of nitrogens with one attached hydrogen (secondary N) is 1. The maximum absolute atomic E-state index is 6.07. The Balaban J connectivity index is 1.24. The van der Waals surface area contributed by atoms with Crippen molar-refractivity contribution in [3.8, 4) is 22.8 Å². The number of H-pyrrole nitrogens is 1. The summed E-state index contributed by atoms with van der Waals surface area (Å²) in [6.45, 7) is 5.51. The number of benzene rings is 2. The molecular formula is C28H29Cl2N7O. The Labute approximate surface area is 231 Å². The summed E-state index contributed by atoms with van der Waals surface area (Å²) in [5, 5.41) is 0. The molecule has 1 N–H and O–H groups in total. The van der Waals surface area contributed by atoms with E-state index < -0.39 is 0 Å². The first-order valence-electron chi connectivity index (χ1n) is 12.8. The molecule has 0 atom stereocenters. The minimum absolute atomic E-state index is 0.546. The molecule has 1 aliphatic heterocycles. The lowest BCUT2D eigenvalue weighted by Gasteiger charge is -2.33. The van der Waals surface area contributed by atoms with Crippen LogP contribution in [0.5, 0.6) is 0 Å². The lowest BCUT2D eigenvalue weighted by molar-refractivity contribution is 0.312. The summed E-state index contributed by atoms with van der Waals surface area (Å²) in [5.74, 6) is 3.40. The number of anilines is 2. The average Bonchev–Trinajstić information content (AvgIpc) is 3.57. The van der Waals surface area contributed by atoms with E-state index in [0.29, 0.717) is 17.7 Å². The maximum atomic E-state index is 6.07. The highest BCUT2D eigenvalue weighted by Gasteiger charge is 2.17. The van der Waals surface area contributed by atoms with Gasteiger partial charge in [0.15, 0.2) is 11.2 Å². The molecule has 0 radical (unpaired) electrons. The second kappa shape index (κ2) is 10.8. The number of oxazole rings is 1. The molecule has 2 aromatic carbocycles. The average molecular weight is 550 g/mol. The molecule has 1 fully saturated rings. The quantitative estimate of drug-likeness (QED) is 0.257. The molecule has 0 saturated carbocycles. The number of alkyl halides is 2. The standard InChI is InChI=1S/C28H29Cl2N7O/c1-35-14-16-37(17-15-35)25-9-7-22-27(33-25)34-26(31-22)20-4-8-24-23(18-20)32-28(38-24)19-2-5-21(6-3-19)36(12-10-29)13-11-30/h2-9,18H,10-17H2,1H3,(H,31,33,34). The van der Waals surface area contributed by atoms with Gasteiger partial charge < -0.3 is 24.1 Å². The van der Waals surface area contributed by atoms with Crippen LogP contribution in [0.2, 0.25) is 0 Å². The molecule has 8 nitrogen and oxygen atoms in total. The van der Waals surface area contributed by atoms with Crippen LogP contribution in [0, 0.1) is 0 Å². The number of piperazine rings is 1. The fourth-order valence-corrected chi connectivity index (χ4v) is 5.23. The largest absolute Gasteiger partial charge is 0.436 e. The third kappa shape index (κ3) is 5.04. The summed E-state index contributed by atoms with van der Waals surface area (Å²) >= 11 is 11.9. The van der Waals surface area contributed by atoms with Gasteiger partial charge in [0.1, 0.15) is 17.2 Å². The summed E-state index contributed by atoms with van der Waals surface area (Å²) in [6, 6.07) is 18.2. The molecule has 6 rings (SSSR count). The summed E-state index contributed by atoms with van der Waals surface area (Å²) < 4.78 is 6.07. The van der Waals surface area contributed by atoms with Crippen molar-refractivity contribution in [1.29, 1.82) is 0 Å². The van der Waals surface area contributed by atoms with E-state index in [-0.39, 0.29) is 0 Å². The highest BCUT2D eigenvalue weighted by Crippen LogP contribution is 2.30. The summed E-state index contributed by atoms with van der Waals surface area (Å²) in [4.78, 5) is 24.6. The maximum Gasteiger partial charge on any atom is 0.227 e. The zero-order valence-corrected chi connectivity index (χ0v) is 22.7. The number of likely N-dealkylation sites (N-methyl/N-ethyl adjacent to an activating group) is 1. The van der Waals surface area contributed by atoms with Crippen LogP contribution >= 0.6 is 23.2 Å². The monoisotopic (exact) mass is 549 g/mol. The van der Waals surface area contributed by atoms with E-state index >= 15 is 0 Å². The molecule has 1 aliphatic rings. The number of pyridine rings is 1. The second-order valence-electron chi connectivity index (χ2n) is 9.53. The van der Waals surface area contributed by atoms with Crippen molar-refractivity contribution >= 4 is 57.0 Å². The first-order valence-corrected chi connectivity index (χ1v) is 13.9. The lowest BCUT2D eigenvalue weighted by atomic mass is 10.2. The van der Waals surface area contributed by atoms with Crippen LogP contribution < -0.4 is 9.80 Å². The van der Waals surface area contributed by atoms with Gasteiger partial charge in [0, 0.05) is 67.8 Å². The van der Waals surface area contributed by atoms with Gasteiger partial charge in [-0.2, -0.15) is 0 Å². The Kier molecular flexibility index (Phi) is 7.10. The van der Waals surface area contributed by atoms with E-state index in [2.05, 4.69) is 38.9 Å². The number of nitrogens with zero attached hydrogens (tertiary/aromatic N) is 6. The summed E-state index contributed by atoms with van der Waals surface area (Å²) in [5.41, 5.74) is 6.05. The van der Waals surface area contributed by atoms with Crippen LogP contribution in [0.4, 0.5) is 11.5 Å². The number of aromatic amines is 1. The number of rotatable bonds is 8. The third-order valence-corrected chi connectivity index (χ3v) is 7.35. The molecule has 38 heavy (non-hydrogen) atoms.